The minimum Gasteiger partial charge on any atom is -0.373 e. The van der Waals surface area contributed by atoms with E-state index < -0.39 is 0 Å². The third-order valence-electron chi connectivity index (χ3n) is 8.14. The minimum atomic E-state index is -0.196. The fraction of sp³-hybridized carbons (Fsp3) is 0.206. The molecule has 2 aliphatic rings. The van der Waals surface area contributed by atoms with E-state index in [9.17, 15) is 4.79 Å². The molecule has 0 bridgehead atoms. The predicted molar refractivity (Wildman–Crippen MR) is 158 cm³/mol. The van der Waals surface area contributed by atoms with Crippen molar-refractivity contribution in [2.24, 2.45) is 5.41 Å². The van der Waals surface area contributed by atoms with Gasteiger partial charge in [-0.25, -0.2) is 0 Å². The number of rotatable bonds is 3. The summed E-state index contributed by atoms with van der Waals surface area (Å²) in [5.74, 6) is 0.252. The standard InChI is InChI=1S/C34H29ClN2O/c1-34(2)17-26-31-24-8-4-3-7-22(24)13-16-28(31)36-33(32(26)30(38)18-34)27-20-37(29-10-6-5-9-25(27)29)19-21-11-14-23(35)15-12-21/h3-16,20,33,36H,17-19H2,1-2H3/t33-/m0/s1. The van der Waals surface area contributed by atoms with Crippen LogP contribution in [0.4, 0.5) is 5.69 Å². The van der Waals surface area contributed by atoms with E-state index in [0.717, 1.165) is 40.3 Å². The largest absolute Gasteiger partial charge is 0.373 e. The molecule has 0 saturated heterocycles. The van der Waals surface area contributed by atoms with Crippen molar-refractivity contribution in [3.05, 3.63) is 118 Å². The van der Waals surface area contributed by atoms with Gasteiger partial charge < -0.3 is 9.88 Å². The highest BCUT2D eigenvalue weighted by molar-refractivity contribution is 6.30. The number of nitrogens with one attached hydrogen (secondary N) is 1. The molecule has 1 aliphatic heterocycles. The molecule has 5 aromatic rings. The monoisotopic (exact) mass is 516 g/mol. The third-order valence-corrected chi connectivity index (χ3v) is 8.39. The van der Waals surface area contributed by atoms with Gasteiger partial charge in [-0.05, 0) is 58.0 Å². The van der Waals surface area contributed by atoms with Crippen LogP contribution in [-0.4, -0.2) is 10.4 Å². The third kappa shape index (κ3) is 3.76. The Labute approximate surface area is 227 Å². The van der Waals surface area contributed by atoms with Gasteiger partial charge in [0, 0.05) is 57.5 Å². The summed E-state index contributed by atoms with van der Waals surface area (Å²) >= 11 is 6.14. The molecule has 0 unspecified atom stereocenters. The smallest absolute Gasteiger partial charge is 0.162 e. The average Bonchev–Trinajstić information content (AvgIpc) is 3.26. The summed E-state index contributed by atoms with van der Waals surface area (Å²) in [4.78, 5) is 13.9. The molecule has 1 atom stereocenters. The van der Waals surface area contributed by atoms with Gasteiger partial charge >= 0.3 is 0 Å². The fourth-order valence-corrected chi connectivity index (χ4v) is 6.62. The van der Waals surface area contributed by atoms with Crippen LogP contribution in [0.2, 0.25) is 5.02 Å². The SMILES string of the molecule is CC1(C)CC(=O)C2=C(C1)c1c(ccc3ccccc13)N[C@H]2c1cn(Cc2ccc(Cl)cc2)c2ccccc12. The number of para-hydroxylation sites is 1. The van der Waals surface area contributed by atoms with Crippen molar-refractivity contribution in [1.82, 2.24) is 4.57 Å². The van der Waals surface area contributed by atoms with Crippen LogP contribution in [0.25, 0.3) is 27.2 Å². The fourth-order valence-electron chi connectivity index (χ4n) is 6.49. The highest BCUT2D eigenvalue weighted by Gasteiger charge is 2.41. The summed E-state index contributed by atoms with van der Waals surface area (Å²) < 4.78 is 2.29. The number of carbonyl (C=O) groups is 1. The molecule has 0 fully saturated rings. The number of carbonyl (C=O) groups excluding carboxylic acids is 1. The summed E-state index contributed by atoms with van der Waals surface area (Å²) in [6.07, 6.45) is 3.69. The second-order valence-corrected chi connectivity index (χ2v) is 11.9. The summed E-state index contributed by atoms with van der Waals surface area (Å²) in [6.45, 7) is 5.17. The van der Waals surface area contributed by atoms with E-state index in [1.807, 2.05) is 12.1 Å². The number of hydrogen-bond acceptors (Lipinski definition) is 2. The Bertz CT molecular complexity index is 1770. The molecule has 1 aliphatic carbocycles. The number of hydrogen-bond donors (Lipinski definition) is 1. The first kappa shape index (κ1) is 23.3. The average molecular weight is 517 g/mol. The Morgan fingerprint density at radius 1 is 0.895 bits per heavy atom. The van der Waals surface area contributed by atoms with Gasteiger partial charge in [-0.3, -0.25) is 4.79 Å². The number of Topliss-reactive ketones (excluding diaryl/α,β-unsaturated/α-hetero) is 1. The van der Waals surface area contributed by atoms with Crippen molar-refractivity contribution < 1.29 is 4.79 Å². The molecular weight excluding hydrogens is 488 g/mol. The molecular formula is C34H29ClN2O. The Kier molecular flexibility index (Phi) is 5.28. The van der Waals surface area contributed by atoms with Crippen LogP contribution >= 0.6 is 11.6 Å². The van der Waals surface area contributed by atoms with Crippen molar-refractivity contribution in [2.75, 3.05) is 5.32 Å². The van der Waals surface area contributed by atoms with Gasteiger partial charge in [0.2, 0.25) is 0 Å². The van der Waals surface area contributed by atoms with Gasteiger partial charge in [0.25, 0.3) is 0 Å². The Hall–Kier alpha value is -3.82. The van der Waals surface area contributed by atoms with Gasteiger partial charge in [0.05, 0.1) is 6.04 Å². The normalized spacial score (nSPS) is 18.4. The zero-order chi connectivity index (χ0) is 26.0. The van der Waals surface area contributed by atoms with Gasteiger partial charge in [-0.15, -0.1) is 0 Å². The van der Waals surface area contributed by atoms with Crippen LogP contribution in [0.15, 0.2) is 96.7 Å². The quantitative estimate of drug-likeness (QED) is 0.260. The zero-order valence-electron chi connectivity index (χ0n) is 21.6. The van der Waals surface area contributed by atoms with E-state index in [-0.39, 0.29) is 17.2 Å². The van der Waals surface area contributed by atoms with E-state index in [0.29, 0.717) is 6.42 Å². The minimum absolute atomic E-state index is 0.0748. The van der Waals surface area contributed by atoms with Crippen LogP contribution in [0.1, 0.15) is 49.4 Å². The molecule has 0 radical (unpaired) electrons. The molecule has 4 aromatic carbocycles. The van der Waals surface area contributed by atoms with Crippen molar-refractivity contribution >= 4 is 50.3 Å². The van der Waals surface area contributed by atoms with Gasteiger partial charge in [0.15, 0.2) is 5.78 Å². The lowest BCUT2D eigenvalue weighted by molar-refractivity contribution is -0.118. The molecule has 7 rings (SSSR count). The molecule has 188 valence electrons. The second-order valence-electron chi connectivity index (χ2n) is 11.5. The van der Waals surface area contributed by atoms with Gasteiger partial charge in [0.1, 0.15) is 0 Å². The van der Waals surface area contributed by atoms with E-state index in [1.165, 1.54) is 32.9 Å². The zero-order valence-corrected chi connectivity index (χ0v) is 22.3. The number of anilines is 1. The van der Waals surface area contributed by atoms with E-state index in [2.05, 4.69) is 103 Å². The summed E-state index contributed by atoms with van der Waals surface area (Å²) in [5, 5.41) is 8.15. The Morgan fingerprint density at radius 3 is 2.45 bits per heavy atom. The van der Waals surface area contributed by atoms with E-state index >= 15 is 0 Å². The first-order valence-electron chi connectivity index (χ1n) is 13.3. The van der Waals surface area contributed by atoms with Crippen LogP contribution in [0.5, 0.6) is 0 Å². The number of nitrogens with zero attached hydrogens (tertiary/aromatic N) is 1. The van der Waals surface area contributed by atoms with E-state index in [4.69, 9.17) is 11.6 Å². The van der Waals surface area contributed by atoms with Gasteiger partial charge in [-0.2, -0.15) is 0 Å². The number of aromatic nitrogens is 1. The van der Waals surface area contributed by atoms with Crippen LogP contribution in [-0.2, 0) is 11.3 Å². The van der Waals surface area contributed by atoms with Crippen molar-refractivity contribution in [3.63, 3.8) is 0 Å². The first-order valence-corrected chi connectivity index (χ1v) is 13.6. The van der Waals surface area contributed by atoms with Crippen molar-refractivity contribution in [2.45, 2.75) is 39.3 Å². The van der Waals surface area contributed by atoms with Crippen molar-refractivity contribution in [1.29, 1.82) is 0 Å². The lowest BCUT2D eigenvalue weighted by Crippen LogP contribution is -2.33. The number of benzene rings is 4. The number of halogens is 1. The molecule has 0 saturated carbocycles. The maximum atomic E-state index is 13.9. The number of allylic oxidation sites excluding steroid dienone is 1. The molecule has 38 heavy (non-hydrogen) atoms. The van der Waals surface area contributed by atoms with Crippen molar-refractivity contribution in [3.8, 4) is 0 Å². The molecule has 1 aromatic heterocycles. The highest BCUT2D eigenvalue weighted by atomic mass is 35.5. The van der Waals surface area contributed by atoms with Gasteiger partial charge in [-0.1, -0.05) is 86.1 Å². The molecule has 2 heterocycles. The molecule has 4 heteroatoms. The Balaban J connectivity index is 1.44. The van der Waals surface area contributed by atoms with Crippen LogP contribution < -0.4 is 5.32 Å². The second kappa shape index (κ2) is 8.61. The highest BCUT2D eigenvalue weighted by Crippen LogP contribution is 2.52. The molecule has 0 amide bonds. The lowest BCUT2D eigenvalue weighted by atomic mass is 9.68. The molecule has 3 nitrogen and oxygen atoms in total. The Morgan fingerprint density at radius 2 is 1.63 bits per heavy atom. The molecule has 0 spiro atoms. The summed E-state index contributed by atoms with van der Waals surface area (Å²) in [5.41, 5.74) is 7.86. The number of ketones is 1. The maximum Gasteiger partial charge on any atom is 0.162 e. The molecule has 1 N–H and O–H groups in total. The van der Waals surface area contributed by atoms with E-state index in [1.54, 1.807) is 0 Å². The summed E-state index contributed by atoms with van der Waals surface area (Å²) in [6, 6.07) is 29.2. The predicted octanol–water partition coefficient (Wildman–Crippen LogP) is 8.81. The van der Waals surface area contributed by atoms with Crippen LogP contribution in [0.3, 0.4) is 0 Å². The first-order chi connectivity index (χ1) is 18.4. The number of fused-ring (bicyclic) bond motifs is 5. The van der Waals surface area contributed by atoms with Crippen LogP contribution in [0, 0.1) is 5.41 Å². The lowest BCUT2D eigenvalue weighted by Gasteiger charge is -2.40. The topological polar surface area (TPSA) is 34.0 Å². The maximum absolute atomic E-state index is 13.9. The summed E-state index contributed by atoms with van der Waals surface area (Å²) in [7, 11) is 0.